The van der Waals surface area contributed by atoms with E-state index in [0.29, 0.717) is 6.04 Å². The quantitative estimate of drug-likeness (QED) is 0.828. The number of nitrogens with zero attached hydrogens (tertiary/aromatic N) is 1. The fourth-order valence-electron chi connectivity index (χ4n) is 4.31. The summed E-state index contributed by atoms with van der Waals surface area (Å²) in [5.41, 5.74) is 2.30. The van der Waals surface area contributed by atoms with Gasteiger partial charge in [-0.05, 0) is 43.2 Å². The third kappa shape index (κ3) is 3.31. The van der Waals surface area contributed by atoms with Crippen molar-refractivity contribution in [1.82, 2.24) is 0 Å². The molecule has 3 atom stereocenters. The Morgan fingerprint density at radius 1 is 1.05 bits per heavy atom. The number of benzene rings is 1. The third-order valence-electron chi connectivity index (χ3n) is 5.33. The molecule has 21 heavy (non-hydrogen) atoms. The molecule has 0 saturated heterocycles. The van der Waals surface area contributed by atoms with E-state index in [2.05, 4.69) is 30.4 Å². The number of para-hydroxylation sites is 1. The van der Waals surface area contributed by atoms with E-state index in [0.717, 1.165) is 22.5 Å². The highest BCUT2D eigenvalue weighted by molar-refractivity contribution is 6.34. The van der Waals surface area contributed by atoms with Crippen LogP contribution in [0.1, 0.15) is 44.9 Å². The predicted octanol–water partition coefficient (Wildman–Crippen LogP) is 5.18. The molecule has 3 heteroatoms. The van der Waals surface area contributed by atoms with Gasteiger partial charge in [-0.1, -0.05) is 43.4 Å². The van der Waals surface area contributed by atoms with Crippen LogP contribution < -0.4 is 10.2 Å². The molecular weight excluding hydrogens is 280 g/mol. The summed E-state index contributed by atoms with van der Waals surface area (Å²) in [5, 5.41) is 4.61. The summed E-state index contributed by atoms with van der Waals surface area (Å²) in [6.45, 7) is 0. The van der Waals surface area contributed by atoms with Crippen molar-refractivity contribution in [3.63, 3.8) is 0 Å². The minimum atomic E-state index is 0.613. The van der Waals surface area contributed by atoms with E-state index in [4.69, 9.17) is 11.6 Å². The molecule has 2 aliphatic rings. The van der Waals surface area contributed by atoms with Crippen LogP contribution >= 0.6 is 11.6 Å². The summed E-state index contributed by atoms with van der Waals surface area (Å²) in [7, 11) is 4.12. The first-order valence-corrected chi connectivity index (χ1v) is 8.75. The number of rotatable bonds is 3. The zero-order valence-corrected chi connectivity index (χ0v) is 14.0. The van der Waals surface area contributed by atoms with Gasteiger partial charge in [0.15, 0.2) is 0 Å². The van der Waals surface area contributed by atoms with Gasteiger partial charge in [-0.15, -0.1) is 0 Å². The first kappa shape index (κ1) is 15.0. The highest BCUT2D eigenvalue weighted by Crippen LogP contribution is 2.42. The van der Waals surface area contributed by atoms with Gasteiger partial charge >= 0.3 is 0 Å². The standard InChI is InChI=1S/C18H27ClN2/c1-21(2)18-16(19)8-5-9-17(18)20-15-11-10-13-6-3-4-7-14(13)12-15/h5,8-9,13-15,20H,3-4,6-7,10-12H2,1-2H3. The van der Waals surface area contributed by atoms with Crippen molar-refractivity contribution in [2.24, 2.45) is 11.8 Å². The Balaban J connectivity index is 1.71. The van der Waals surface area contributed by atoms with E-state index >= 15 is 0 Å². The number of nitrogens with one attached hydrogen (secondary N) is 1. The maximum Gasteiger partial charge on any atom is 0.0786 e. The van der Waals surface area contributed by atoms with Gasteiger partial charge in [-0.2, -0.15) is 0 Å². The van der Waals surface area contributed by atoms with Crippen LogP contribution in [0.2, 0.25) is 5.02 Å². The van der Waals surface area contributed by atoms with E-state index in [1.54, 1.807) is 0 Å². The molecule has 1 aromatic carbocycles. The van der Waals surface area contributed by atoms with Crippen LogP contribution in [-0.2, 0) is 0 Å². The minimum absolute atomic E-state index is 0.613. The van der Waals surface area contributed by atoms with Crippen molar-refractivity contribution in [1.29, 1.82) is 0 Å². The topological polar surface area (TPSA) is 15.3 Å². The van der Waals surface area contributed by atoms with Crippen LogP contribution in [-0.4, -0.2) is 20.1 Å². The lowest BCUT2D eigenvalue weighted by Crippen LogP contribution is -2.34. The molecule has 3 unspecified atom stereocenters. The normalized spacial score (nSPS) is 28.8. The molecule has 0 bridgehead atoms. The molecule has 0 aliphatic heterocycles. The molecule has 0 aromatic heterocycles. The summed E-state index contributed by atoms with van der Waals surface area (Å²) in [6.07, 6.45) is 9.85. The highest BCUT2D eigenvalue weighted by Gasteiger charge is 2.32. The number of hydrogen-bond donors (Lipinski definition) is 1. The first-order valence-electron chi connectivity index (χ1n) is 8.37. The fraction of sp³-hybridized carbons (Fsp3) is 0.667. The molecule has 2 nitrogen and oxygen atoms in total. The molecule has 2 aliphatic carbocycles. The molecule has 1 aromatic rings. The van der Waals surface area contributed by atoms with Crippen molar-refractivity contribution in [2.75, 3.05) is 24.3 Å². The molecule has 0 spiro atoms. The van der Waals surface area contributed by atoms with E-state index < -0.39 is 0 Å². The summed E-state index contributed by atoms with van der Waals surface area (Å²) < 4.78 is 0. The van der Waals surface area contributed by atoms with Crippen molar-refractivity contribution in [3.8, 4) is 0 Å². The molecule has 2 fully saturated rings. The van der Waals surface area contributed by atoms with Gasteiger partial charge in [0.25, 0.3) is 0 Å². The Kier molecular flexibility index (Phi) is 4.63. The van der Waals surface area contributed by atoms with Crippen LogP contribution in [0.25, 0.3) is 0 Å². The summed E-state index contributed by atoms with van der Waals surface area (Å²) in [4.78, 5) is 2.11. The Bertz CT molecular complexity index is 486. The lowest BCUT2D eigenvalue weighted by molar-refractivity contribution is 0.162. The molecular formula is C18H27ClN2. The zero-order valence-electron chi connectivity index (χ0n) is 13.2. The van der Waals surface area contributed by atoms with Gasteiger partial charge in [0.05, 0.1) is 16.4 Å². The van der Waals surface area contributed by atoms with Gasteiger partial charge in [0.2, 0.25) is 0 Å². The Labute approximate surface area is 133 Å². The monoisotopic (exact) mass is 306 g/mol. The third-order valence-corrected chi connectivity index (χ3v) is 5.64. The number of anilines is 2. The van der Waals surface area contributed by atoms with Gasteiger partial charge in [-0.25, -0.2) is 0 Å². The Morgan fingerprint density at radius 3 is 2.57 bits per heavy atom. The lowest BCUT2D eigenvalue weighted by Gasteiger charge is -2.40. The SMILES string of the molecule is CN(C)c1c(Cl)cccc1NC1CCC2CCCCC2C1. The molecule has 116 valence electrons. The molecule has 0 radical (unpaired) electrons. The van der Waals surface area contributed by atoms with Crippen molar-refractivity contribution in [3.05, 3.63) is 23.2 Å². The summed E-state index contributed by atoms with van der Waals surface area (Å²) in [5.74, 6) is 1.96. The van der Waals surface area contributed by atoms with E-state index in [-0.39, 0.29) is 0 Å². The maximum absolute atomic E-state index is 6.37. The van der Waals surface area contributed by atoms with Crippen LogP contribution in [0.3, 0.4) is 0 Å². The Morgan fingerprint density at radius 2 is 1.81 bits per heavy atom. The van der Waals surface area contributed by atoms with Gasteiger partial charge < -0.3 is 10.2 Å². The van der Waals surface area contributed by atoms with E-state index in [9.17, 15) is 0 Å². The summed E-state index contributed by atoms with van der Waals surface area (Å²) >= 11 is 6.37. The predicted molar refractivity (Wildman–Crippen MR) is 92.5 cm³/mol. The number of hydrogen-bond acceptors (Lipinski definition) is 2. The number of fused-ring (bicyclic) bond motifs is 1. The van der Waals surface area contributed by atoms with E-state index in [1.807, 2.05) is 12.1 Å². The second kappa shape index (κ2) is 6.48. The molecule has 0 amide bonds. The maximum atomic E-state index is 6.37. The lowest BCUT2D eigenvalue weighted by atomic mass is 9.69. The highest BCUT2D eigenvalue weighted by atomic mass is 35.5. The van der Waals surface area contributed by atoms with Crippen molar-refractivity contribution >= 4 is 23.0 Å². The van der Waals surface area contributed by atoms with Crippen LogP contribution in [0.15, 0.2) is 18.2 Å². The van der Waals surface area contributed by atoms with E-state index in [1.165, 1.54) is 50.6 Å². The smallest absolute Gasteiger partial charge is 0.0786 e. The van der Waals surface area contributed by atoms with Crippen LogP contribution in [0, 0.1) is 11.8 Å². The second-order valence-corrected chi connectivity index (χ2v) is 7.40. The molecule has 0 heterocycles. The number of halogens is 1. The van der Waals surface area contributed by atoms with Gasteiger partial charge in [0.1, 0.15) is 0 Å². The second-order valence-electron chi connectivity index (χ2n) is 6.99. The average Bonchev–Trinajstić information content (AvgIpc) is 2.47. The summed E-state index contributed by atoms with van der Waals surface area (Å²) in [6, 6.07) is 6.79. The van der Waals surface area contributed by atoms with Gasteiger partial charge in [-0.3, -0.25) is 0 Å². The van der Waals surface area contributed by atoms with Crippen molar-refractivity contribution in [2.45, 2.75) is 51.0 Å². The van der Waals surface area contributed by atoms with Crippen molar-refractivity contribution < 1.29 is 0 Å². The molecule has 3 rings (SSSR count). The minimum Gasteiger partial charge on any atom is -0.381 e. The fourth-order valence-corrected chi connectivity index (χ4v) is 4.65. The largest absolute Gasteiger partial charge is 0.381 e. The first-order chi connectivity index (χ1) is 10.1. The molecule has 2 saturated carbocycles. The Hall–Kier alpha value is -0.890. The van der Waals surface area contributed by atoms with Gasteiger partial charge in [0, 0.05) is 20.1 Å². The van der Waals surface area contributed by atoms with Crippen LogP contribution in [0.5, 0.6) is 0 Å². The zero-order chi connectivity index (χ0) is 14.8. The average molecular weight is 307 g/mol. The van der Waals surface area contributed by atoms with Crippen LogP contribution in [0.4, 0.5) is 11.4 Å². The molecule has 1 N–H and O–H groups in total.